The fourth-order valence-corrected chi connectivity index (χ4v) is 10.3. The molecule has 0 spiro atoms. The molecule has 2 amide bonds. The second kappa shape index (κ2) is 32.7. The number of anilines is 1. The molecule has 0 aliphatic carbocycles. The molecule has 0 bridgehead atoms. The molecule has 1 aliphatic rings. The van der Waals surface area contributed by atoms with Crippen molar-refractivity contribution in [3.63, 3.8) is 0 Å². The van der Waals surface area contributed by atoms with Gasteiger partial charge in [0.1, 0.15) is 42.0 Å². The Bertz CT molecular complexity index is 2380. The molecule has 74 heavy (non-hydrogen) atoms. The number of phosphoric acid groups is 3. The van der Waals surface area contributed by atoms with Crippen molar-refractivity contribution < 1.29 is 85.3 Å². The van der Waals surface area contributed by atoms with Crippen LogP contribution >= 0.6 is 35.2 Å². The molecule has 0 radical (unpaired) electrons. The molecule has 416 valence electrons. The number of aromatic nitrogens is 4. The number of imidazole rings is 1. The number of hydrogen-bond acceptors (Lipinski definition) is 23. The van der Waals surface area contributed by atoms with Crippen molar-refractivity contribution in [3.8, 4) is 0 Å². The third kappa shape index (κ3) is 24.9. The van der Waals surface area contributed by atoms with Gasteiger partial charge in [-0.25, -0.2) is 19.3 Å². The predicted octanol–water partition coefficient (Wildman–Crippen LogP) is 3.02. The summed E-state index contributed by atoms with van der Waals surface area (Å²) in [6.07, 6.45) is 20.9. The lowest BCUT2D eigenvalue weighted by molar-refractivity contribution is -0.347. The van der Waals surface area contributed by atoms with E-state index in [1.807, 2.05) is 0 Å². The van der Waals surface area contributed by atoms with Crippen LogP contribution in [0.15, 0.2) is 61.3 Å². The van der Waals surface area contributed by atoms with Crippen LogP contribution < -0.4 is 35.9 Å². The molecule has 2 aromatic rings. The zero-order valence-electron chi connectivity index (χ0n) is 41.6. The van der Waals surface area contributed by atoms with Crippen molar-refractivity contribution >= 4 is 74.9 Å². The molecular formula is C45H68N7O18P3S-4. The Kier molecular flexibility index (Phi) is 28.5. The summed E-state index contributed by atoms with van der Waals surface area (Å²) < 4.78 is 60.8. The molecule has 3 heterocycles. The normalized spacial score (nSPS) is 19.7. The van der Waals surface area contributed by atoms with Gasteiger partial charge in [0.2, 0.25) is 11.8 Å². The zero-order chi connectivity index (χ0) is 54.8. The monoisotopic (exact) mass is 1120 g/mol. The highest BCUT2D eigenvalue weighted by molar-refractivity contribution is 8.13. The van der Waals surface area contributed by atoms with Gasteiger partial charge in [-0.3, -0.25) is 32.9 Å². The number of unbranched alkanes of at least 4 members (excludes halogenated alkanes) is 6. The smallest absolute Gasteiger partial charge is 0.274 e. The van der Waals surface area contributed by atoms with Crippen LogP contribution in [0.1, 0.15) is 117 Å². The number of nitrogens with two attached hydrogens (primary N) is 1. The predicted molar refractivity (Wildman–Crippen MR) is 265 cm³/mol. The zero-order valence-corrected chi connectivity index (χ0v) is 45.1. The average molecular weight is 1120 g/mol. The van der Waals surface area contributed by atoms with Crippen molar-refractivity contribution in [1.29, 1.82) is 0 Å². The number of Topliss-reactive ketones (excluding diaryl/α,β-unsaturated/α-hetero) is 1. The molecule has 2 unspecified atom stereocenters. The number of phosphoric ester groups is 3. The fraction of sp³-hybridized carbons (Fsp3) is 0.622. The van der Waals surface area contributed by atoms with Crippen LogP contribution in [0.4, 0.5) is 5.82 Å². The maximum absolute atomic E-state index is 12.7. The number of nitrogens with zero attached hydrogens (tertiary/aromatic N) is 4. The van der Waals surface area contributed by atoms with Gasteiger partial charge in [0.25, 0.3) is 15.6 Å². The summed E-state index contributed by atoms with van der Waals surface area (Å²) in [4.78, 5) is 109. The van der Waals surface area contributed by atoms with E-state index in [0.717, 1.165) is 73.9 Å². The highest BCUT2D eigenvalue weighted by atomic mass is 32.2. The molecule has 29 heteroatoms. The van der Waals surface area contributed by atoms with Gasteiger partial charge in [0.05, 0.1) is 33.8 Å². The van der Waals surface area contributed by atoms with Gasteiger partial charge >= 0.3 is 0 Å². The van der Waals surface area contributed by atoms with Gasteiger partial charge in [-0.2, -0.15) is 0 Å². The van der Waals surface area contributed by atoms with E-state index in [0.29, 0.717) is 12.8 Å². The Morgan fingerprint density at radius 1 is 0.865 bits per heavy atom. The minimum Gasteiger partial charge on any atom is -0.790 e. The fourth-order valence-electron chi connectivity index (χ4n) is 6.89. The minimum atomic E-state index is -5.94. The molecule has 7 atom stereocenters. The van der Waals surface area contributed by atoms with E-state index in [9.17, 15) is 62.7 Å². The number of nitrogen functional groups attached to an aromatic ring is 1. The third-order valence-electron chi connectivity index (χ3n) is 10.9. The summed E-state index contributed by atoms with van der Waals surface area (Å²) in [6, 6.07) is 0. The Balaban J connectivity index is 1.27. The number of allylic oxidation sites excluding steroid dienone is 8. The number of aliphatic hydroxyl groups excluding tert-OH is 2. The maximum Gasteiger partial charge on any atom is 0.274 e. The van der Waals surface area contributed by atoms with E-state index in [-0.39, 0.29) is 59.6 Å². The Morgan fingerprint density at radius 3 is 2.12 bits per heavy atom. The number of ketones is 1. The van der Waals surface area contributed by atoms with Crippen molar-refractivity contribution in [3.05, 3.63) is 61.3 Å². The highest BCUT2D eigenvalue weighted by Crippen LogP contribution is 2.56. The highest BCUT2D eigenvalue weighted by Gasteiger charge is 2.47. The standard InChI is InChI=1S/C45H72N7O18P3S/c1-4-5-6-7-8-9-10-11-12-13-14-15-16-17-18-19-20-21-22-23-33(53)28-36(55)74-27-26-47-35(54)24-25-48-43(58)40(57)45(2,3)30-67-73(64,65)70-72(62,63)66-29-34-39(69-71(59,60)61)38(56)44(68-34)52-32-51-37-41(46)49-31-50-42(37)52/h8-9,11-12,14-15,17-18,31-32,34,38-40,44,56-57H,4-7,10,13,16,19-30H2,1-3H3,(H,47,54)(H,48,58)(H,62,63)(H,64,65)(H2,46,49,50)(H2,59,60,61)/p-4/b9-8-,12-11-,15-14-,18-17-/t34-,38-,39-,40+,44-/m1/s1. The third-order valence-corrected chi connectivity index (χ3v) is 14.8. The Hall–Kier alpha value is -3.81. The summed E-state index contributed by atoms with van der Waals surface area (Å²) in [5.74, 6) is -1.58. The number of rotatable bonds is 37. The first-order valence-electron chi connectivity index (χ1n) is 24.0. The van der Waals surface area contributed by atoms with Crippen molar-refractivity contribution in [1.82, 2.24) is 30.2 Å². The van der Waals surface area contributed by atoms with Crippen molar-refractivity contribution in [2.75, 3.05) is 37.8 Å². The van der Waals surface area contributed by atoms with Gasteiger partial charge in [-0.1, -0.05) is 100 Å². The lowest BCUT2D eigenvalue weighted by Gasteiger charge is -2.36. The topological polar surface area (TPSA) is 392 Å². The molecule has 0 aromatic carbocycles. The summed E-state index contributed by atoms with van der Waals surface area (Å²) in [7, 11) is -17.7. The lowest BCUT2D eigenvalue weighted by atomic mass is 9.87. The number of amides is 2. The molecule has 6 N–H and O–H groups in total. The lowest BCUT2D eigenvalue weighted by Crippen LogP contribution is -2.46. The number of carbonyl (C=O) groups excluding carboxylic acids is 4. The van der Waals surface area contributed by atoms with Gasteiger partial charge in [0.15, 0.2) is 22.8 Å². The Morgan fingerprint density at radius 2 is 1.49 bits per heavy atom. The summed E-state index contributed by atoms with van der Waals surface area (Å²) in [5, 5.41) is 26.0. The van der Waals surface area contributed by atoms with Crippen LogP contribution in [0.2, 0.25) is 0 Å². The van der Waals surface area contributed by atoms with E-state index in [1.54, 1.807) is 0 Å². The number of carbonyl (C=O) groups is 4. The number of aliphatic hydroxyl groups is 2. The van der Waals surface area contributed by atoms with Crippen LogP contribution in [0.25, 0.3) is 11.2 Å². The van der Waals surface area contributed by atoms with E-state index in [1.165, 1.54) is 33.1 Å². The minimum absolute atomic E-state index is 0.0278. The molecular weight excluding hydrogens is 1050 g/mol. The number of hydrogen-bond donors (Lipinski definition) is 5. The molecule has 1 aliphatic heterocycles. The van der Waals surface area contributed by atoms with Crippen LogP contribution in [0.3, 0.4) is 0 Å². The number of thioether (sulfide) groups is 1. The largest absolute Gasteiger partial charge is 0.790 e. The first kappa shape index (κ1) is 64.5. The molecule has 25 nitrogen and oxygen atoms in total. The first-order valence-corrected chi connectivity index (χ1v) is 29.4. The quantitative estimate of drug-likeness (QED) is 0.0281. The number of fused-ring (bicyclic) bond motifs is 1. The molecule has 2 aromatic heterocycles. The van der Waals surface area contributed by atoms with Crippen LogP contribution in [-0.2, 0) is 55.5 Å². The molecule has 0 saturated carbocycles. The summed E-state index contributed by atoms with van der Waals surface area (Å²) in [6.45, 7) is 2.11. The molecule has 1 fully saturated rings. The van der Waals surface area contributed by atoms with Crippen molar-refractivity contribution in [2.45, 2.75) is 141 Å². The van der Waals surface area contributed by atoms with Gasteiger partial charge in [0, 0.05) is 37.1 Å². The van der Waals surface area contributed by atoms with Gasteiger partial charge in [-0.15, -0.1) is 0 Å². The SMILES string of the molecule is CCCCC/C=C\C/C=C\C/C=C\C/C=C\CCCCCC(=O)CC(=O)SCCNC(=O)CCNC(=O)[C@H](O)C(C)(C)COP(=O)([O-])OP(=O)([O-])OC[C@H]1O[C@@H](n2cnc3c(N)ncnc32)[C@H](O)[C@@H]1OP(=O)([O-])[O-]. The second-order valence-electron chi connectivity index (χ2n) is 17.6. The van der Waals surface area contributed by atoms with Gasteiger partial charge < -0.3 is 69.0 Å². The number of ether oxygens (including phenoxy) is 1. The second-order valence-corrected chi connectivity index (χ2v) is 22.8. The molecule has 3 rings (SSSR count). The van der Waals surface area contributed by atoms with E-state index < -0.39 is 84.6 Å². The summed E-state index contributed by atoms with van der Waals surface area (Å²) >= 11 is 0.912. The van der Waals surface area contributed by atoms with E-state index in [2.05, 4.69) is 99.0 Å². The van der Waals surface area contributed by atoms with E-state index in [4.69, 9.17) is 10.5 Å². The first-order chi connectivity index (χ1) is 34.9. The number of nitrogens with one attached hydrogen (secondary N) is 2. The van der Waals surface area contributed by atoms with Crippen LogP contribution in [0, 0.1) is 5.41 Å². The van der Waals surface area contributed by atoms with Crippen molar-refractivity contribution in [2.24, 2.45) is 5.41 Å². The summed E-state index contributed by atoms with van der Waals surface area (Å²) in [5.41, 5.74) is 4.04. The molecule has 1 saturated heterocycles. The Labute approximate surface area is 434 Å². The van der Waals surface area contributed by atoms with Crippen LogP contribution in [-0.4, -0.2) is 109 Å². The average Bonchev–Trinajstić information content (AvgIpc) is 3.89. The maximum atomic E-state index is 12.7. The van der Waals surface area contributed by atoms with E-state index >= 15 is 0 Å². The van der Waals surface area contributed by atoms with Crippen LogP contribution in [0.5, 0.6) is 0 Å². The van der Waals surface area contributed by atoms with Gasteiger partial charge in [-0.05, 0) is 51.4 Å².